The second kappa shape index (κ2) is 6.27. The summed E-state index contributed by atoms with van der Waals surface area (Å²) in [4.78, 5) is 8.53. The number of likely N-dealkylation sites (N-methyl/N-ethyl adjacent to an activating group) is 1. The van der Waals surface area contributed by atoms with Crippen LogP contribution in [0.15, 0.2) is 23.8 Å². The zero-order valence-corrected chi connectivity index (χ0v) is 12.1. The molecule has 0 aliphatic carbocycles. The molecule has 0 aliphatic heterocycles. The van der Waals surface area contributed by atoms with Gasteiger partial charge in [-0.05, 0) is 25.1 Å². The quantitative estimate of drug-likeness (QED) is 0.913. The van der Waals surface area contributed by atoms with E-state index in [1.165, 1.54) is 0 Å². The predicted octanol–water partition coefficient (Wildman–Crippen LogP) is 3.39. The van der Waals surface area contributed by atoms with Crippen LogP contribution in [0.1, 0.15) is 29.2 Å². The van der Waals surface area contributed by atoms with Crippen LogP contribution < -0.4 is 5.32 Å². The minimum Gasteiger partial charge on any atom is -0.310 e. The number of halogens is 1. The lowest BCUT2D eigenvalue weighted by Crippen LogP contribution is -2.23. The maximum atomic E-state index is 6.21. The summed E-state index contributed by atoms with van der Waals surface area (Å²) in [6, 6.07) is 2.15. The lowest BCUT2D eigenvalue weighted by molar-refractivity contribution is 0.544. The number of hydrogen-bond donors (Lipinski definition) is 1. The number of pyridine rings is 1. The summed E-state index contributed by atoms with van der Waals surface area (Å²) in [7, 11) is 0. The molecule has 0 saturated carbocycles. The van der Waals surface area contributed by atoms with Gasteiger partial charge in [-0.1, -0.05) is 18.5 Å². The summed E-state index contributed by atoms with van der Waals surface area (Å²) >= 11 is 7.89. The van der Waals surface area contributed by atoms with Gasteiger partial charge in [0.25, 0.3) is 0 Å². The van der Waals surface area contributed by atoms with Gasteiger partial charge in [-0.15, -0.1) is 11.3 Å². The molecule has 2 heterocycles. The van der Waals surface area contributed by atoms with Crippen LogP contribution in [0.5, 0.6) is 0 Å². The highest BCUT2D eigenvalue weighted by Gasteiger charge is 2.15. The van der Waals surface area contributed by atoms with Crippen molar-refractivity contribution in [1.29, 1.82) is 0 Å². The Labute approximate surface area is 116 Å². The molecule has 0 amide bonds. The van der Waals surface area contributed by atoms with Crippen molar-refractivity contribution in [2.24, 2.45) is 0 Å². The van der Waals surface area contributed by atoms with Crippen molar-refractivity contribution in [3.63, 3.8) is 0 Å². The molecule has 1 unspecified atom stereocenters. The van der Waals surface area contributed by atoms with Crippen molar-refractivity contribution in [1.82, 2.24) is 15.3 Å². The van der Waals surface area contributed by atoms with Crippen molar-refractivity contribution in [3.05, 3.63) is 45.1 Å². The number of aryl methyl sites for hydroxylation is 1. The summed E-state index contributed by atoms with van der Waals surface area (Å²) in [5, 5.41) is 7.36. The van der Waals surface area contributed by atoms with Gasteiger partial charge in [0.1, 0.15) is 0 Å². The average Bonchev–Trinajstić information content (AvgIpc) is 2.75. The second-order valence-electron chi connectivity index (χ2n) is 4.07. The Hall–Kier alpha value is -0.970. The summed E-state index contributed by atoms with van der Waals surface area (Å²) in [5.74, 6) is 0. The van der Waals surface area contributed by atoms with Crippen molar-refractivity contribution in [3.8, 4) is 0 Å². The highest BCUT2D eigenvalue weighted by atomic mass is 35.5. The van der Waals surface area contributed by atoms with Crippen molar-refractivity contribution in [2.45, 2.75) is 26.3 Å². The van der Waals surface area contributed by atoms with Crippen molar-refractivity contribution in [2.75, 3.05) is 6.54 Å². The van der Waals surface area contributed by atoms with Gasteiger partial charge in [0.05, 0.1) is 15.7 Å². The van der Waals surface area contributed by atoms with E-state index in [1.807, 2.05) is 13.0 Å². The van der Waals surface area contributed by atoms with E-state index in [0.717, 1.165) is 29.2 Å². The monoisotopic (exact) mass is 281 g/mol. The highest BCUT2D eigenvalue weighted by molar-refractivity contribution is 7.09. The van der Waals surface area contributed by atoms with Crippen LogP contribution in [-0.2, 0) is 6.42 Å². The van der Waals surface area contributed by atoms with Gasteiger partial charge in [-0.25, -0.2) is 4.98 Å². The molecule has 0 spiro atoms. The molecule has 3 nitrogen and oxygen atoms in total. The van der Waals surface area contributed by atoms with Crippen LogP contribution >= 0.6 is 22.9 Å². The van der Waals surface area contributed by atoms with Crippen LogP contribution in [0.3, 0.4) is 0 Å². The maximum absolute atomic E-state index is 6.21. The first kappa shape index (κ1) is 13.5. The van der Waals surface area contributed by atoms with Gasteiger partial charge >= 0.3 is 0 Å². The molecule has 2 aromatic rings. The van der Waals surface area contributed by atoms with Crippen LogP contribution in [-0.4, -0.2) is 16.5 Å². The molecule has 18 heavy (non-hydrogen) atoms. The smallest absolute Gasteiger partial charge is 0.0897 e. The Balaban J connectivity index is 2.20. The molecule has 2 rings (SSSR count). The van der Waals surface area contributed by atoms with E-state index in [4.69, 9.17) is 11.6 Å². The Morgan fingerprint density at radius 3 is 2.94 bits per heavy atom. The lowest BCUT2D eigenvalue weighted by Gasteiger charge is -2.18. The zero-order chi connectivity index (χ0) is 13.0. The molecule has 0 fully saturated rings. The third-order valence-corrected chi connectivity index (χ3v) is 3.85. The summed E-state index contributed by atoms with van der Waals surface area (Å²) in [6.07, 6.45) is 4.31. The largest absolute Gasteiger partial charge is 0.310 e. The molecule has 0 radical (unpaired) electrons. The fourth-order valence-corrected chi connectivity index (χ4v) is 2.79. The molecule has 1 N–H and O–H groups in total. The van der Waals surface area contributed by atoms with E-state index in [-0.39, 0.29) is 6.04 Å². The normalized spacial score (nSPS) is 12.6. The van der Waals surface area contributed by atoms with Gasteiger partial charge in [0, 0.05) is 30.2 Å². The van der Waals surface area contributed by atoms with Crippen LogP contribution in [0.4, 0.5) is 0 Å². The van der Waals surface area contributed by atoms with E-state index in [9.17, 15) is 0 Å². The number of nitrogens with one attached hydrogen (secondary N) is 1. The van der Waals surface area contributed by atoms with E-state index < -0.39 is 0 Å². The Morgan fingerprint density at radius 2 is 2.33 bits per heavy atom. The van der Waals surface area contributed by atoms with Crippen LogP contribution in [0, 0.1) is 6.92 Å². The SMILES string of the molecule is CCNC(Cc1csc(C)n1)c1ccncc1Cl. The third kappa shape index (κ3) is 3.28. The molecular formula is C13H16ClN3S. The van der Waals surface area contributed by atoms with Gasteiger partial charge in [0.2, 0.25) is 0 Å². The van der Waals surface area contributed by atoms with Crippen LogP contribution in [0.25, 0.3) is 0 Å². The molecule has 2 aromatic heterocycles. The van der Waals surface area contributed by atoms with Gasteiger partial charge in [0.15, 0.2) is 0 Å². The predicted molar refractivity (Wildman–Crippen MR) is 76.2 cm³/mol. The van der Waals surface area contributed by atoms with E-state index in [1.54, 1.807) is 23.7 Å². The number of aromatic nitrogens is 2. The molecular weight excluding hydrogens is 266 g/mol. The molecule has 0 aliphatic rings. The lowest BCUT2D eigenvalue weighted by atomic mass is 10.0. The average molecular weight is 282 g/mol. The Kier molecular flexibility index (Phi) is 4.69. The summed E-state index contributed by atoms with van der Waals surface area (Å²) in [5.41, 5.74) is 2.19. The Morgan fingerprint density at radius 1 is 1.50 bits per heavy atom. The number of thiazole rings is 1. The standard InChI is InChI=1S/C13H16ClN3S/c1-3-16-13(6-10-8-18-9(2)17-10)11-4-5-15-7-12(11)14/h4-5,7-8,13,16H,3,6H2,1-2H3. The fraction of sp³-hybridized carbons (Fsp3) is 0.385. The summed E-state index contributed by atoms with van der Waals surface area (Å²) < 4.78 is 0. The second-order valence-corrected chi connectivity index (χ2v) is 5.54. The molecule has 96 valence electrons. The van der Waals surface area contributed by atoms with Gasteiger partial charge in [-0.3, -0.25) is 4.98 Å². The maximum Gasteiger partial charge on any atom is 0.0897 e. The number of hydrogen-bond acceptors (Lipinski definition) is 4. The first-order valence-electron chi connectivity index (χ1n) is 5.94. The number of nitrogens with zero attached hydrogens (tertiary/aromatic N) is 2. The molecule has 1 atom stereocenters. The highest BCUT2D eigenvalue weighted by Crippen LogP contribution is 2.25. The third-order valence-electron chi connectivity index (χ3n) is 2.71. The molecule has 0 bridgehead atoms. The van der Waals surface area contributed by atoms with Gasteiger partial charge < -0.3 is 5.32 Å². The minimum absolute atomic E-state index is 0.187. The topological polar surface area (TPSA) is 37.8 Å². The van der Waals surface area contributed by atoms with Crippen molar-refractivity contribution < 1.29 is 0 Å². The van der Waals surface area contributed by atoms with E-state index in [0.29, 0.717) is 5.02 Å². The van der Waals surface area contributed by atoms with E-state index in [2.05, 4.69) is 27.6 Å². The Bertz CT molecular complexity index is 512. The van der Waals surface area contributed by atoms with E-state index >= 15 is 0 Å². The molecule has 5 heteroatoms. The molecule has 0 saturated heterocycles. The van der Waals surface area contributed by atoms with Gasteiger partial charge in [-0.2, -0.15) is 0 Å². The number of rotatable bonds is 5. The first-order valence-corrected chi connectivity index (χ1v) is 7.20. The van der Waals surface area contributed by atoms with Crippen molar-refractivity contribution >= 4 is 22.9 Å². The molecule has 0 aromatic carbocycles. The summed E-state index contributed by atoms with van der Waals surface area (Å²) in [6.45, 7) is 5.01. The first-order chi connectivity index (χ1) is 8.70. The minimum atomic E-state index is 0.187. The van der Waals surface area contributed by atoms with Crippen LogP contribution in [0.2, 0.25) is 5.02 Å². The fourth-order valence-electron chi connectivity index (χ4n) is 1.92. The zero-order valence-electron chi connectivity index (χ0n) is 10.5.